The third-order valence-corrected chi connectivity index (χ3v) is 3.34. The second-order valence-electron chi connectivity index (χ2n) is 5.44. The van der Waals surface area contributed by atoms with Gasteiger partial charge >= 0.3 is 0 Å². The minimum atomic E-state index is 0.0456. The van der Waals surface area contributed by atoms with Gasteiger partial charge in [-0.25, -0.2) is 0 Å². The minimum absolute atomic E-state index is 0.0456. The van der Waals surface area contributed by atoms with Gasteiger partial charge in [-0.15, -0.1) is 0 Å². The number of fused-ring (bicyclic) bond motifs is 1. The van der Waals surface area contributed by atoms with Gasteiger partial charge < -0.3 is 4.57 Å². The van der Waals surface area contributed by atoms with Gasteiger partial charge in [0.15, 0.2) is 5.78 Å². The normalized spacial score (nSPS) is 18.1. The Hall–Kier alpha value is -1.84. The molecule has 0 amide bonds. The summed E-state index contributed by atoms with van der Waals surface area (Å²) in [4.78, 5) is 12.0. The third kappa shape index (κ3) is 1.60. The molecule has 0 unspecified atom stereocenters. The summed E-state index contributed by atoms with van der Waals surface area (Å²) >= 11 is 0. The molecule has 0 radical (unpaired) electrons. The van der Waals surface area contributed by atoms with Crippen LogP contribution < -0.4 is 0 Å². The smallest absolute Gasteiger partial charge is 0.165 e. The quantitative estimate of drug-likeness (QED) is 0.816. The largest absolute Gasteiger partial charge is 0.317 e. The number of rotatable bonds is 1. The number of hydrogen-bond acceptors (Lipinski definition) is 2. The van der Waals surface area contributed by atoms with Crippen LogP contribution in [0, 0.1) is 5.41 Å². The van der Waals surface area contributed by atoms with E-state index in [2.05, 4.69) is 28.6 Å². The maximum absolute atomic E-state index is 12.0. The van der Waals surface area contributed by atoms with E-state index in [4.69, 9.17) is 0 Å². The van der Waals surface area contributed by atoms with Crippen molar-refractivity contribution in [3.8, 4) is 5.69 Å². The summed E-state index contributed by atoms with van der Waals surface area (Å²) in [5, 5.41) is 6.75. The van der Waals surface area contributed by atoms with Crippen molar-refractivity contribution in [3.05, 3.63) is 35.9 Å². The van der Waals surface area contributed by atoms with Crippen LogP contribution in [0.5, 0.6) is 0 Å². The lowest BCUT2D eigenvalue weighted by molar-refractivity contribution is 0.0911. The van der Waals surface area contributed by atoms with Crippen LogP contribution in [-0.4, -0.2) is 20.5 Å². The lowest BCUT2D eigenvalue weighted by Gasteiger charge is -2.29. The fourth-order valence-corrected chi connectivity index (χ4v) is 2.56. The molecule has 0 aliphatic heterocycles. The summed E-state index contributed by atoms with van der Waals surface area (Å²) in [7, 11) is 0. The topological polar surface area (TPSA) is 50.7 Å². The van der Waals surface area contributed by atoms with Crippen molar-refractivity contribution in [1.82, 2.24) is 14.8 Å². The van der Waals surface area contributed by atoms with Gasteiger partial charge in [-0.2, -0.15) is 5.10 Å². The Morgan fingerprint density at radius 2 is 2.24 bits per heavy atom. The Morgan fingerprint density at radius 3 is 2.94 bits per heavy atom. The second kappa shape index (κ2) is 3.32. The van der Waals surface area contributed by atoms with Crippen molar-refractivity contribution < 1.29 is 4.79 Å². The standard InChI is InChI=1S/C13H15N3O/c1-13(2)5-11-10(12(17)6-13)3-4-16(11)9-7-14-15-8-9/h3-4,7-8H,5-6H2,1-2H3,(H,14,15). The molecule has 88 valence electrons. The van der Waals surface area contributed by atoms with E-state index in [9.17, 15) is 4.79 Å². The highest BCUT2D eigenvalue weighted by Crippen LogP contribution is 2.36. The highest BCUT2D eigenvalue weighted by molar-refractivity contribution is 5.99. The molecule has 0 saturated carbocycles. The highest BCUT2D eigenvalue weighted by atomic mass is 16.1. The number of hydrogen-bond donors (Lipinski definition) is 1. The molecule has 1 aliphatic rings. The van der Waals surface area contributed by atoms with Gasteiger partial charge in [0.25, 0.3) is 0 Å². The van der Waals surface area contributed by atoms with Crippen LogP contribution in [0.25, 0.3) is 5.69 Å². The average Bonchev–Trinajstić information content (AvgIpc) is 2.82. The lowest BCUT2D eigenvalue weighted by atomic mass is 9.76. The number of carbonyl (C=O) groups excluding carboxylic acids is 1. The summed E-state index contributed by atoms with van der Waals surface area (Å²) in [5.41, 5.74) is 3.00. The van der Waals surface area contributed by atoms with Crippen LogP contribution in [0.3, 0.4) is 0 Å². The minimum Gasteiger partial charge on any atom is -0.317 e. The first kappa shape index (κ1) is 10.3. The number of aromatic nitrogens is 3. The molecule has 3 rings (SSSR count). The maximum atomic E-state index is 12.0. The van der Waals surface area contributed by atoms with Gasteiger partial charge in [0.05, 0.1) is 11.9 Å². The van der Waals surface area contributed by atoms with E-state index in [0.29, 0.717) is 6.42 Å². The first-order valence-electron chi connectivity index (χ1n) is 5.79. The zero-order valence-electron chi connectivity index (χ0n) is 10.0. The van der Waals surface area contributed by atoms with Crippen LogP contribution in [0.2, 0.25) is 0 Å². The Labute approximate surface area is 99.7 Å². The highest BCUT2D eigenvalue weighted by Gasteiger charge is 2.33. The van der Waals surface area contributed by atoms with Gasteiger partial charge in [0.2, 0.25) is 0 Å². The van der Waals surface area contributed by atoms with Gasteiger partial charge in [0, 0.05) is 30.1 Å². The Kier molecular flexibility index (Phi) is 2.02. The number of ketones is 1. The maximum Gasteiger partial charge on any atom is 0.165 e. The first-order chi connectivity index (χ1) is 8.07. The second-order valence-corrected chi connectivity index (χ2v) is 5.44. The van der Waals surface area contributed by atoms with Crippen LogP contribution >= 0.6 is 0 Å². The van der Waals surface area contributed by atoms with Crippen molar-refractivity contribution in [2.45, 2.75) is 26.7 Å². The number of carbonyl (C=O) groups is 1. The van der Waals surface area contributed by atoms with Crippen LogP contribution in [0.15, 0.2) is 24.7 Å². The molecule has 1 aliphatic carbocycles. The van der Waals surface area contributed by atoms with E-state index in [1.54, 1.807) is 6.20 Å². The van der Waals surface area contributed by atoms with Crippen LogP contribution in [-0.2, 0) is 6.42 Å². The van der Waals surface area contributed by atoms with Crippen molar-refractivity contribution >= 4 is 5.78 Å². The molecule has 2 heterocycles. The Morgan fingerprint density at radius 1 is 1.41 bits per heavy atom. The van der Waals surface area contributed by atoms with E-state index < -0.39 is 0 Å². The number of aromatic amines is 1. The van der Waals surface area contributed by atoms with Crippen molar-refractivity contribution in [2.75, 3.05) is 0 Å². The molecule has 4 heteroatoms. The summed E-state index contributed by atoms with van der Waals surface area (Å²) in [6, 6.07) is 1.92. The molecule has 0 aromatic carbocycles. The first-order valence-corrected chi connectivity index (χ1v) is 5.79. The third-order valence-electron chi connectivity index (χ3n) is 3.34. The predicted molar refractivity (Wildman–Crippen MR) is 64.3 cm³/mol. The molecule has 2 aromatic rings. The average molecular weight is 229 g/mol. The van der Waals surface area contributed by atoms with Crippen LogP contribution in [0.1, 0.15) is 36.3 Å². The summed E-state index contributed by atoms with van der Waals surface area (Å²) in [6.45, 7) is 4.28. The summed E-state index contributed by atoms with van der Waals surface area (Å²) < 4.78 is 2.05. The molecule has 0 bridgehead atoms. The number of nitrogens with one attached hydrogen (secondary N) is 1. The lowest BCUT2D eigenvalue weighted by Crippen LogP contribution is -2.27. The SMILES string of the molecule is CC1(C)CC(=O)c2ccn(-c3cn[nH]c3)c2C1. The molecule has 1 N–H and O–H groups in total. The van der Waals surface area contributed by atoms with Crippen LogP contribution in [0.4, 0.5) is 0 Å². The van der Waals surface area contributed by atoms with E-state index in [1.165, 1.54) is 0 Å². The van der Waals surface area contributed by atoms with Gasteiger partial charge in [-0.3, -0.25) is 9.89 Å². The van der Waals surface area contributed by atoms with Gasteiger partial charge in [-0.1, -0.05) is 13.8 Å². The summed E-state index contributed by atoms with van der Waals surface area (Å²) in [6.07, 6.45) is 7.12. The van der Waals surface area contributed by atoms with E-state index in [1.807, 2.05) is 18.5 Å². The van der Waals surface area contributed by atoms with E-state index in [-0.39, 0.29) is 11.2 Å². The van der Waals surface area contributed by atoms with Crippen molar-refractivity contribution in [2.24, 2.45) is 5.41 Å². The van der Waals surface area contributed by atoms with Crippen molar-refractivity contribution in [1.29, 1.82) is 0 Å². The number of nitrogens with zero attached hydrogens (tertiary/aromatic N) is 2. The van der Waals surface area contributed by atoms with Gasteiger partial charge in [-0.05, 0) is 17.9 Å². The van der Waals surface area contributed by atoms with Gasteiger partial charge in [0.1, 0.15) is 0 Å². The Balaban J connectivity index is 2.14. The molecule has 0 fully saturated rings. The monoisotopic (exact) mass is 229 g/mol. The molecule has 2 aromatic heterocycles. The van der Waals surface area contributed by atoms with E-state index in [0.717, 1.165) is 23.4 Å². The zero-order valence-corrected chi connectivity index (χ0v) is 10.0. The fourth-order valence-electron chi connectivity index (χ4n) is 2.56. The molecule has 0 spiro atoms. The summed E-state index contributed by atoms with van der Waals surface area (Å²) in [5.74, 6) is 0.249. The Bertz CT molecular complexity index is 564. The number of H-pyrrole nitrogens is 1. The molecule has 17 heavy (non-hydrogen) atoms. The molecule has 4 nitrogen and oxygen atoms in total. The van der Waals surface area contributed by atoms with Crippen molar-refractivity contribution in [3.63, 3.8) is 0 Å². The zero-order chi connectivity index (χ0) is 12.0. The molecular weight excluding hydrogens is 214 g/mol. The molecule has 0 atom stereocenters. The molecule has 0 saturated heterocycles. The predicted octanol–water partition coefficient (Wildman–Crippen LogP) is 2.36. The van der Waals surface area contributed by atoms with E-state index >= 15 is 0 Å². The molecular formula is C13H15N3O. The number of Topliss-reactive ketones (excluding diaryl/α,β-unsaturated/α-hetero) is 1. The fraction of sp³-hybridized carbons (Fsp3) is 0.385.